The van der Waals surface area contributed by atoms with E-state index in [1.165, 1.54) is 6.20 Å². The molecule has 5 aromatic rings. The number of pyridine rings is 1. The molecule has 0 fully saturated rings. The van der Waals surface area contributed by atoms with Crippen molar-refractivity contribution in [3.63, 3.8) is 0 Å². The molecule has 0 saturated heterocycles. The zero-order chi connectivity index (χ0) is 23.5. The Bertz CT molecular complexity index is 1490. The quantitative estimate of drug-likeness (QED) is 0.266. The second-order valence-electron chi connectivity index (χ2n) is 7.45. The maximum absolute atomic E-state index is 12.9. The van der Waals surface area contributed by atoms with Crippen LogP contribution < -0.4 is 16.4 Å². The molecule has 3 aromatic heterocycles. The van der Waals surface area contributed by atoms with E-state index in [1.807, 2.05) is 30.3 Å². The van der Waals surface area contributed by atoms with Gasteiger partial charge in [0.1, 0.15) is 11.2 Å². The zero-order valence-electron chi connectivity index (χ0n) is 17.9. The molecule has 0 radical (unpaired) electrons. The molecule has 168 valence electrons. The topological polar surface area (TPSA) is 154 Å². The third kappa shape index (κ3) is 4.25. The Hall–Kier alpha value is -4.83. The Morgan fingerprint density at radius 1 is 0.912 bits per heavy atom. The average Bonchev–Trinajstić information content (AvgIpc) is 3.53. The third-order valence-electron chi connectivity index (χ3n) is 5.16. The van der Waals surface area contributed by atoms with E-state index < -0.39 is 5.91 Å². The summed E-state index contributed by atoms with van der Waals surface area (Å²) in [4.78, 5) is 44.3. The lowest BCUT2D eigenvalue weighted by atomic mass is 10.1. The van der Waals surface area contributed by atoms with Gasteiger partial charge < -0.3 is 15.7 Å². The van der Waals surface area contributed by atoms with E-state index in [9.17, 15) is 9.59 Å². The lowest BCUT2D eigenvalue weighted by Gasteiger charge is -2.06. The summed E-state index contributed by atoms with van der Waals surface area (Å²) in [6.07, 6.45) is 3.15. The number of carbonyl (C=O) groups excluding carboxylic acids is 2. The number of amides is 2. The lowest BCUT2D eigenvalue weighted by Crippen LogP contribution is -2.15. The van der Waals surface area contributed by atoms with Crippen molar-refractivity contribution in [2.75, 3.05) is 10.6 Å². The minimum atomic E-state index is -0.433. The molecule has 3 heterocycles. The number of fused-ring (bicyclic) bond motifs is 1. The van der Waals surface area contributed by atoms with Crippen molar-refractivity contribution in [2.24, 2.45) is 5.73 Å². The van der Waals surface area contributed by atoms with Crippen LogP contribution in [-0.2, 0) is 6.54 Å². The SMILES string of the molecule is NCc1cccc(-c2cccc(C(=O)Nc3nc4c(C(=O)Nc5ncc[nH]5)cccc4[nH]3)n2)c1. The van der Waals surface area contributed by atoms with Crippen LogP contribution in [0.3, 0.4) is 0 Å². The molecule has 10 nitrogen and oxygen atoms in total. The van der Waals surface area contributed by atoms with Crippen LogP contribution in [0.25, 0.3) is 22.3 Å². The number of hydrogen-bond donors (Lipinski definition) is 5. The number of carbonyl (C=O) groups is 2. The number of aromatic amines is 2. The van der Waals surface area contributed by atoms with Crippen molar-refractivity contribution in [1.82, 2.24) is 24.9 Å². The van der Waals surface area contributed by atoms with Crippen LogP contribution in [0.5, 0.6) is 0 Å². The van der Waals surface area contributed by atoms with Gasteiger partial charge in [-0.3, -0.25) is 20.2 Å². The van der Waals surface area contributed by atoms with Crippen molar-refractivity contribution >= 4 is 34.7 Å². The van der Waals surface area contributed by atoms with Crippen LogP contribution in [0, 0.1) is 0 Å². The summed E-state index contributed by atoms with van der Waals surface area (Å²) in [6.45, 7) is 0.418. The highest BCUT2D eigenvalue weighted by Crippen LogP contribution is 2.21. The van der Waals surface area contributed by atoms with Crippen LogP contribution >= 0.6 is 0 Å². The molecule has 2 amide bonds. The first-order valence-electron chi connectivity index (χ1n) is 10.5. The molecule has 34 heavy (non-hydrogen) atoms. The summed E-state index contributed by atoms with van der Waals surface area (Å²) in [5, 5.41) is 5.39. The predicted molar refractivity (Wildman–Crippen MR) is 128 cm³/mol. The Morgan fingerprint density at radius 2 is 1.74 bits per heavy atom. The summed E-state index contributed by atoms with van der Waals surface area (Å²) in [5.74, 6) is -0.277. The number of aromatic nitrogens is 5. The monoisotopic (exact) mass is 452 g/mol. The summed E-state index contributed by atoms with van der Waals surface area (Å²) in [5.41, 5.74) is 9.82. The highest BCUT2D eigenvalue weighted by atomic mass is 16.2. The molecule has 10 heteroatoms. The number of nitrogens with two attached hydrogens (primary N) is 1. The summed E-state index contributed by atoms with van der Waals surface area (Å²) >= 11 is 0. The number of anilines is 2. The summed E-state index contributed by atoms with van der Waals surface area (Å²) < 4.78 is 0. The minimum Gasteiger partial charge on any atom is -0.331 e. The molecule has 0 spiro atoms. The van der Waals surface area contributed by atoms with E-state index in [1.54, 1.807) is 36.5 Å². The molecule has 0 aliphatic rings. The second kappa shape index (κ2) is 8.96. The van der Waals surface area contributed by atoms with Gasteiger partial charge in [-0.25, -0.2) is 15.0 Å². The number of H-pyrrole nitrogens is 2. The van der Waals surface area contributed by atoms with Gasteiger partial charge in [-0.1, -0.05) is 30.3 Å². The molecule has 6 N–H and O–H groups in total. The Labute approximate surface area is 193 Å². The van der Waals surface area contributed by atoms with Crippen molar-refractivity contribution in [1.29, 1.82) is 0 Å². The molecule has 0 atom stereocenters. The number of nitrogens with one attached hydrogen (secondary N) is 4. The molecule has 0 unspecified atom stereocenters. The fourth-order valence-electron chi connectivity index (χ4n) is 3.53. The van der Waals surface area contributed by atoms with Crippen LogP contribution in [0.2, 0.25) is 0 Å². The van der Waals surface area contributed by atoms with Crippen LogP contribution in [0.1, 0.15) is 26.4 Å². The third-order valence-corrected chi connectivity index (χ3v) is 5.16. The van der Waals surface area contributed by atoms with E-state index in [4.69, 9.17) is 5.73 Å². The van der Waals surface area contributed by atoms with E-state index in [2.05, 4.69) is 35.6 Å². The van der Waals surface area contributed by atoms with E-state index in [0.29, 0.717) is 34.8 Å². The standard InChI is InChI=1S/C24H20N8O2/c25-13-14-4-1-5-15(12-14)17-7-3-9-19(28-17)22(34)32-24-29-18-8-2-6-16(20(18)30-24)21(33)31-23-26-10-11-27-23/h1-12H,13,25H2,(H2,26,27,31,33)(H2,29,30,32,34). The maximum atomic E-state index is 12.9. The number of hydrogen-bond acceptors (Lipinski definition) is 6. The Balaban J connectivity index is 1.38. The first-order valence-corrected chi connectivity index (χ1v) is 10.5. The van der Waals surface area contributed by atoms with Gasteiger partial charge in [0.2, 0.25) is 11.9 Å². The average molecular weight is 452 g/mol. The number of nitrogens with zero attached hydrogens (tertiary/aromatic N) is 3. The number of imidazole rings is 2. The van der Waals surface area contributed by atoms with E-state index in [-0.39, 0.29) is 17.5 Å². The maximum Gasteiger partial charge on any atom is 0.276 e. The van der Waals surface area contributed by atoms with Crippen LogP contribution in [0.4, 0.5) is 11.9 Å². The summed E-state index contributed by atoms with van der Waals surface area (Å²) in [7, 11) is 0. The van der Waals surface area contributed by atoms with Gasteiger partial charge in [0.05, 0.1) is 16.8 Å². The number of para-hydroxylation sites is 1. The first kappa shape index (κ1) is 21.0. The predicted octanol–water partition coefficient (Wildman–Crippen LogP) is 3.31. The summed E-state index contributed by atoms with van der Waals surface area (Å²) in [6, 6.07) is 18.1. The van der Waals surface area contributed by atoms with E-state index in [0.717, 1.165) is 11.1 Å². The smallest absolute Gasteiger partial charge is 0.276 e. The molecule has 0 bridgehead atoms. The van der Waals surface area contributed by atoms with Crippen molar-refractivity contribution in [3.8, 4) is 11.3 Å². The van der Waals surface area contributed by atoms with Crippen LogP contribution in [-0.4, -0.2) is 36.7 Å². The van der Waals surface area contributed by atoms with Crippen molar-refractivity contribution in [2.45, 2.75) is 6.54 Å². The minimum absolute atomic E-state index is 0.204. The zero-order valence-corrected chi connectivity index (χ0v) is 17.9. The molecule has 0 saturated carbocycles. The molecule has 0 aliphatic heterocycles. The van der Waals surface area contributed by atoms with Gasteiger partial charge in [-0.05, 0) is 35.9 Å². The van der Waals surface area contributed by atoms with Gasteiger partial charge in [0.25, 0.3) is 11.8 Å². The molecule has 2 aromatic carbocycles. The van der Waals surface area contributed by atoms with Gasteiger partial charge >= 0.3 is 0 Å². The molecule has 0 aliphatic carbocycles. The van der Waals surface area contributed by atoms with Crippen molar-refractivity contribution < 1.29 is 9.59 Å². The van der Waals surface area contributed by atoms with Gasteiger partial charge in [0, 0.05) is 24.5 Å². The van der Waals surface area contributed by atoms with Gasteiger partial charge in [0.15, 0.2) is 0 Å². The van der Waals surface area contributed by atoms with Gasteiger partial charge in [-0.2, -0.15) is 0 Å². The van der Waals surface area contributed by atoms with Crippen molar-refractivity contribution in [3.05, 3.63) is 89.9 Å². The highest BCUT2D eigenvalue weighted by Gasteiger charge is 2.17. The number of benzene rings is 2. The second-order valence-corrected chi connectivity index (χ2v) is 7.45. The molecular weight excluding hydrogens is 432 g/mol. The number of rotatable bonds is 6. The highest BCUT2D eigenvalue weighted by molar-refractivity contribution is 6.11. The largest absolute Gasteiger partial charge is 0.331 e. The molecule has 5 rings (SSSR count). The first-order chi connectivity index (χ1) is 16.6. The lowest BCUT2D eigenvalue weighted by molar-refractivity contribution is 0.101. The Kier molecular flexibility index (Phi) is 5.55. The van der Waals surface area contributed by atoms with Crippen LogP contribution in [0.15, 0.2) is 73.1 Å². The van der Waals surface area contributed by atoms with Gasteiger partial charge in [-0.15, -0.1) is 0 Å². The Morgan fingerprint density at radius 3 is 2.56 bits per heavy atom. The van der Waals surface area contributed by atoms with E-state index >= 15 is 0 Å². The molecular formula is C24H20N8O2. The normalized spacial score (nSPS) is 10.9. The fourth-order valence-corrected chi connectivity index (χ4v) is 3.53. The fraction of sp³-hybridized carbons (Fsp3) is 0.0417.